The SMILES string of the molecule is C=Nc1[nH]c(=O)n(CCCO)c(=O)c1N(CC)COCC1CCCC1. The number of hydrogen-bond donors (Lipinski definition) is 2. The first-order valence-electron chi connectivity index (χ1n) is 8.89. The highest BCUT2D eigenvalue weighted by Crippen LogP contribution is 2.25. The highest BCUT2D eigenvalue weighted by Gasteiger charge is 2.20. The zero-order chi connectivity index (χ0) is 18.2. The number of nitrogens with zero attached hydrogens (tertiary/aromatic N) is 3. The van der Waals surface area contributed by atoms with E-state index in [0.717, 1.165) is 4.57 Å². The number of H-pyrrole nitrogens is 1. The maximum Gasteiger partial charge on any atom is 0.330 e. The van der Waals surface area contributed by atoms with Crippen LogP contribution in [0.2, 0.25) is 0 Å². The molecule has 1 aliphatic carbocycles. The largest absolute Gasteiger partial charge is 0.396 e. The molecule has 1 aliphatic rings. The first kappa shape index (κ1) is 19.4. The van der Waals surface area contributed by atoms with Crippen LogP contribution < -0.4 is 16.1 Å². The maximum atomic E-state index is 12.8. The number of aliphatic imine (C=N–C) groups is 1. The van der Waals surface area contributed by atoms with Gasteiger partial charge in [0.15, 0.2) is 5.82 Å². The monoisotopic (exact) mass is 352 g/mol. The fourth-order valence-corrected chi connectivity index (χ4v) is 3.20. The molecule has 1 heterocycles. The number of aromatic amines is 1. The molecule has 140 valence electrons. The summed E-state index contributed by atoms with van der Waals surface area (Å²) in [5.74, 6) is 0.745. The predicted octanol–water partition coefficient (Wildman–Crippen LogP) is 1.24. The first-order chi connectivity index (χ1) is 12.1. The fourth-order valence-electron chi connectivity index (χ4n) is 3.20. The second-order valence-electron chi connectivity index (χ2n) is 6.33. The summed E-state index contributed by atoms with van der Waals surface area (Å²) in [6, 6.07) is 0. The summed E-state index contributed by atoms with van der Waals surface area (Å²) >= 11 is 0. The van der Waals surface area contributed by atoms with E-state index in [9.17, 15) is 9.59 Å². The Balaban J connectivity index is 2.21. The Morgan fingerprint density at radius 1 is 1.40 bits per heavy atom. The first-order valence-corrected chi connectivity index (χ1v) is 8.89. The normalized spacial score (nSPS) is 14.8. The van der Waals surface area contributed by atoms with Gasteiger partial charge >= 0.3 is 5.69 Å². The molecule has 0 bridgehead atoms. The summed E-state index contributed by atoms with van der Waals surface area (Å²) in [6.07, 6.45) is 5.22. The average Bonchev–Trinajstić information content (AvgIpc) is 3.12. The minimum absolute atomic E-state index is 0.0926. The third-order valence-electron chi connectivity index (χ3n) is 4.61. The number of ether oxygens (including phenoxy) is 1. The molecule has 0 radical (unpaired) electrons. The Bertz CT molecular complexity index is 676. The van der Waals surface area contributed by atoms with E-state index < -0.39 is 11.2 Å². The molecule has 8 heteroatoms. The van der Waals surface area contributed by atoms with Crippen LogP contribution in [0.5, 0.6) is 0 Å². The second kappa shape index (κ2) is 9.53. The van der Waals surface area contributed by atoms with E-state index in [2.05, 4.69) is 16.7 Å². The van der Waals surface area contributed by atoms with Crippen molar-refractivity contribution in [1.29, 1.82) is 0 Å². The highest BCUT2D eigenvalue weighted by molar-refractivity contribution is 5.63. The summed E-state index contributed by atoms with van der Waals surface area (Å²) in [5.41, 5.74) is -0.708. The zero-order valence-corrected chi connectivity index (χ0v) is 14.9. The summed E-state index contributed by atoms with van der Waals surface area (Å²) in [7, 11) is 0. The average molecular weight is 352 g/mol. The summed E-state index contributed by atoms with van der Waals surface area (Å²) < 4.78 is 6.90. The molecular weight excluding hydrogens is 324 g/mol. The summed E-state index contributed by atoms with van der Waals surface area (Å²) in [4.78, 5) is 33.0. The lowest BCUT2D eigenvalue weighted by atomic mass is 10.1. The van der Waals surface area contributed by atoms with Crippen LogP contribution in [0.15, 0.2) is 14.6 Å². The van der Waals surface area contributed by atoms with Gasteiger partial charge in [-0.3, -0.25) is 14.3 Å². The molecule has 0 atom stereocenters. The molecule has 1 saturated carbocycles. The molecule has 0 aromatic carbocycles. The van der Waals surface area contributed by atoms with Gasteiger partial charge in [0.2, 0.25) is 0 Å². The molecule has 0 aliphatic heterocycles. The van der Waals surface area contributed by atoms with Gasteiger partial charge in [-0.1, -0.05) is 12.8 Å². The maximum absolute atomic E-state index is 12.8. The number of aliphatic hydroxyl groups excluding tert-OH is 1. The van der Waals surface area contributed by atoms with Crippen molar-refractivity contribution >= 4 is 18.2 Å². The van der Waals surface area contributed by atoms with Crippen LogP contribution in [0.4, 0.5) is 11.5 Å². The molecule has 0 spiro atoms. The lowest BCUT2D eigenvalue weighted by Crippen LogP contribution is -2.41. The molecule has 1 aromatic rings. The van der Waals surface area contributed by atoms with E-state index in [1.165, 1.54) is 25.7 Å². The number of aromatic nitrogens is 2. The van der Waals surface area contributed by atoms with Crippen LogP contribution in [-0.4, -0.2) is 47.9 Å². The zero-order valence-electron chi connectivity index (χ0n) is 14.9. The second-order valence-corrected chi connectivity index (χ2v) is 6.33. The molecule has 2 rings (SSSR count). The smallest absolute Gasteiger partial charge is 0.330 e. The van der Waals surface area contributed by atoms with Gasteiger partial charge in [-0.25, -0.2) is 9.79 Å². The standard InChI is InChI=1S/C17H28N4O4/c1-3-20(12-25-11-13-7-4-5-8-13)14-15(18-2)19-17(24)21(16(14)23)9-6-10-22/h13,22H,2-12H2,1H3,(H,19,24). The van der Waals surface area contributed by atoms with E-state index in [4.69, 9.17) is 9.84 Å². The molecule has 1 fully saturated rings. The van der Waals surface area contributed by atoms with Crippen LogP contribution in [0.3, 0.4) is 0 Å². The van der Waals surface area contributed by atoms with Gasteiger partial charge in [0.05, 0.1) is 6.61 Å². The minimum atomic E-state index is -0.549. The quantitative estimate of drug-likeness (QED) is 0.487. The Morgan fingerprint density at radius 3 is 2.72 bits per heavy atom. The number of nitrogens with one attached hydrogen (secondary N) is 1. The highest BCUT2D eigenvalue weighted by atomic mass is 16.5. The van der Waals surface area contributed by atoms with E-state index in [1.54, 1.807) is 4.90 Å². The fraction of sp³-hybridized carbons (Fsp3) is 0.706. The Morgan fingerprint density at radius 2 is 2.12 bits per heavy atom. The van der Waals surface area contributed by atoms with E-state index in [1.807, 2.05) is 6.92 Å². The third-order valence-corrected chi connectivity index (χ3v) is 4.61. The Labute approximate surface area is 147 Å². The number of hydrogen-bond acceptors (Lipinski definition) is 6. The molecule has 1 aromatic heterocycles. The predicted molar refractivity (Wildman–Crippen MR) is 98.0 cm³/mol. The Hall–Kier alpha value is -1.93. The summed E-state index contributed by atoms with van der Waals surface area (Å²) in [6.45, 7) is 6.89. The van der Waals surface area contributed by atoms with Gasteiger partial charge in [0, 0.05) is 19.7 Å². The molecule has 8 nitrogen and oxygen atoms in total. The van der Waals surface area contributed by atoms with Gasteiger partial charge in [-0.2, -0.15) is 0 Å². The number of aliphatic hydroxyl groups is 1. The van der Waals surface area contributed by atoms with Crippen LogP contribution in [0.25, 0.3) is 0 Å². The third kappa shape index (κ3) is 4.79. The van der Waals surface area contributed by atoms with Gasteiger partial charge in [0.25, 0.3) is 5.56 Å². The molecular formula is C17H28N4O4. The van der Waals surface area contributed by atoms with Gasteiger partial charge in [-0.15, -0.1) is 0 Å². The van der Waals surface area contributed by atoms with Crippen LogP contribution in [0, 0.1) is 5.92 Å². The summed E-state index contributed by atoms with van der Waals surface area (Å²) in [5, 5.41) is 8.97. The van der Waals surface area contributed by atoms with Crippen molar-refractivity contribution in [1.82, 2.24) is 9.55 Å². The molecule has 25 heavy (non-hydrogen) atoms. The van der Waals surface area contributed by atoms with Crippen molar-refractivity contribution in [3.63, 3.8) is 0 Å². The lowest BCUT2D eigenvalue weighted by Gasteiger charge is -2.24. The molecule has 0 amide bonds. The van der Waals surface area contributed by atoms with Crippen molar-refractivity contribution in [2.24, 2.45) is 10.9 Å². The van der Waals surface area contributed by atoms with Crippen molar-refractivity contribution in [3.05, 3.63) is 20.8 Å². The van der Waals surface area contributed by atoms with E-state index in [-0.39, 0.29) is 31.4 Å². The van der Waals surface area contributed by atoms with Crippen molar-refractivity contribution in [2.75, 3.05) is 31.4 Å². The molecule has 0 unspecified atom stereocenters. The van der Waals surface area contributed by atoms with Crippen LogP contribution >= 0.6 is 0 Å². The number of anilines is 1. The van der Waals surface area contributed by atoms with Crippen molar-refractivity contribution < 1.29 is 9.84 Å². The molecule has 2 N–H and O–H groups in total. The van der Waals surface area contributed by atoms with E-state index >= 15 is 0 Å². The lowest BCUT2D eigenvalue weighted by molar-refractivity contribution is 0.102. The van der Waals surface area contributed by atoms with Crippen LogP contribution in [-0.2, 0) is 11.3 Å². The minimum Gasteiger partial charge on any atom is -0.396 e. The van der Waals surface area contributed by atoms with Gasteiger partial charge in [-0.05, 0) is 38.8 Å². The number of rotatable bonds is 10. The Kier molecular flexibility index (Phi) is 7.39. The van der Waals surface area contributed by atoms with Crippen molar-refractivity contribution in [3.8, 4) is 0 Å². The van der Waals surface area contributed by atoms with E-state index in [0.29, 0.717) is 25.5 Å². The topological polar surface area (TPSA) is 99.9 Å². The van der Waals surface area contributed by atoms with Gasteiger partial charge in [0.1, 0.15) is 12.4 Å². The van der Waals surface area contributed by atoms with Gasteiger partial charge < -0.3 is 14.7 Å². The molecule has 0 saturated heterocycles. The van der Waals surface area contributed by atoms with Crippen molar-refractivity contribution in [2.45, 2.75) is 45.6 Å². The van der Waals surface area contributed by atoms with Crippen LogP contribution in [0.1, 0.15) is 39.0 Å².